The number of hydrogen-bond donors (Lipinski definition) is 1. The van der Waals surface area contributed by atoms with E-state index in [0.29, 0.717) is 13.2 Å². The van der Waals surface area contributed by atoms with Gasteiger partial charge in [-0.05, 0) is 73.7 Å². The highest BCUT2D eigenvalue weighted by Crippen LogP contribution is 2.29. The molecule has 5 nitrogen and oxygen atoms in total. The number of rotatable bonds is 5. The SMILES string of the molecule is CCOc1ccc(N2C[C@H](C(=O)Nc3ccc4c(c3)CCC4)CC2=O)cc1. The molecule has 1 saturated heterocycles. The normalized spacial score (nSPS) is 18.5. The number of aryl methyl sites for hydroxylation is 2. The summed E-state index contributed by atoms with van der Waals surface area (Å²) in [6.45, 7) is 2.94. The first-order valence-electron chi connectivity index (χ1n) is 9.60. The first-order chi connectivity index (χ1) is 13.1. The lowest BCUT2D eigenvalue weighted by Gasteiger charge is -2.17. The van der Waals surface area contributed by atoms with E-state index in [4.69, 9.17) is 4.74 Å². The van der Waals surface area contributed by atoms with E-state index in [2.05, 4.69) is 17.4 Å². The maximum atomic E-state index is 12.7. The Hall–Kier alpha value is -2.82. The van der Waals surface area contributed by atoms with Crippen LogP contribution in [0.2, 0.25) is 0 Å². The first-order valence-corrected chi connectivity index (χ1v) is 9.60. The number of benzene rings is 2. The number of ether oxygens (including phenoxy) is 1. The van der Waals surface area contributed by atoms with Gasteiger partial charge < -0.3 is 15.0 Å². The molecular formula is C22H24N2O3. The maximum absolute atomic E-state index is 12.7. The van der Waals surface area contributed by atoms with E-state index >= 15 is 0 Å². The van der Waals surface area contributed by atoms with Crippen molar-refractivity contribution < 1.29 is 14.3 Å². The number of nitrogens with one attached hydrogen (secondary N) is 1. The molecule has 27 heavy (non-hydrogen) atoms. The van der Waals surface area contributed by atoms with Gasteiger partial charge in [0.15, 0.2) is 0 Å². The van der Waals surface area contributed by atoms with Gasteiger partial charge in [0.05, 0.1) is 12.5 Å². The molecule has 1 aliphatic carbocycles. The minimum atomic E-state index is -0.336. The summed E-state index contributed by atoms with van der Waals surface area (Å²) in [6, 6.07) is 13.6. The van der Waals surface area contributed by atoms with Crippen molar-refractivity contribution in [2.45, 2.75) is 32.6 Å². The largest absolute Gasteiger partial charge is 0.494 e. The van der Waals surface area contributed by atoms with Crippen molar-refractivity contribution in [1.29, 1.82) is 0 Å². The summed E-state index contributed by atoms with van der Waals surface area (Å²) in [5.41, 5.74) is 4.33. The lowest BCUT2D eigenvalue weighted by atomic mass is 10.1. The molecule has 2 aromatic carbocycles. The molecule has 140 valence electrons. The molecule has 0 saturated carbocycles. The van der Waals surface area contributed by atoms with Crippen molar-refractivity contribution in [2.75, 3.05) is 23.4 Å². The van der Waals surface area contributed by atoms with Gasteiger partial charge in [-0.3, -0.25) is 9.59 Å². The van der Waals surface area contributed by atoms with Crippen LogP contribution in [0.1, 0.15) is 30.9 Å². The highest BCUT2D eigenvalue weighted by Gasteiger charge is 2.35. The van der Waals surface area contributed by atoms with Crippen molar-refractivity contribution in [2.24, 2.45) is 5.92 Å². The van der Waals surface area contributed by atoms with Gasteiger partial charge in [-0.2, -0.15) is 0 Å². The standard InChI is InChI=1S/C22H24N2O3/c1-2-27-20-10-8-19(9-11-20)24-14-17(13-21(24)25)22(26)23-18-7-6-15-4-3-5-16(15)12-18/h6-12,17H,2-5,13-14H2,1H3,(H,23,26)/t17-/m1/s1. The summed E-state index contributed by atoms with van der Waals surface area (Å²) >= 11 is 0. The van der Waals surface area contributed by atoms with Crippen molar-refractivity contribution in [1.82, 2.24) is 0 Å². The Bertz CT molecular complexity index is 860. The van der Waals surface area contributed by atoms with Gasteiger partial charge in [0.2, 0.25) is 11.8 Å². The molecule has 0 spiro atoms. The third kappa shape index (κ3) is 3.68. The Labute approximate surface area is 159 Å². The van der Waals surface area contributed by atoms with E-state index in [-0.39, 0.29) is 24.2 Å². The Morgan fingerprint density at radius 1 is 1.15 bits per heavy atom. The van der Waals surface area contributed by atoms with Crippen molar-refractivity contribution in [3.8, 4) is 5.75 Å². The monoisotopic (exact) mass is 364 g/mol. The van der Waals surface area contributed by atoms with Gasteiger partial charge >= 0.3 is 0 Å². The molecule has 2 aliphatic rings. The third-order valence-electron chi connectivity index (χ3n) is 5.32. The fraction of sp³-hybridized carbons (Fsp3) is 0.364. The van der Waals surface area contributed by atoms with E-state index in [1.807, 2.05) is 37.3 Å². The lowest BCUT2D eigenvalue weighted by molar-refractivity contribution is -0.122. The van der Waals surface area contributed by atoms with Crippen LogP contribution in [-0.4, -0.2) is 25.0 Å². The second kappa shape index (κ2) is 7.43. The number of fused-ring (bicyclic) bond motifs is 1. The zero-order valence-corrected chi connectivity index (χ0v) is 15.5. The molecule has 1 atom stereocenters. The quantitative estimate of drug-likeness (QED) is 0.882. The zero-order valence-electron chi connectivity index (χ0n) is 15.5. The topological polar surface area (TPSA) is 58.6 Å². The van der Waals surface area contributed by atoms with E-state index in [1.165, 1.54) is 17.5 Å². The van der Waals surface area contributed by atoms with Crippen LogP contribution < -0.4 is 15.0 Å². The molecule has 0 unspecified atom stereocenters. The summed E-state index contributed by atoms with van der Waals surface area (Å²) in [6.07, 6.45) is 3.62. The summed E-state index contributed by atoms with van der Waals surface area (Å²) < 4.78 is 5.44. The minimum Gasteiger partial charge on any atom is -0.494 e. The molecule has 0 bridgehead atoms. The molecular weight excluding hydrogens is 340 g/mol. The number of carbonyl (C=O) groups is 2. The fourth-order valence-electron chi connectivity index (χ4n) is 3.92. The molecule has 1 heterocycles. The van der Waals surface area contributed by atoms with E-state index in [0.717, 1.165) is 30.0 Å². The molecule has 0 radical (unpaired) electrons. The van der Waals surface area contributed by atoms with Crippen molar-refractivity contribution in [3.63, 3.8) is 0 Å². The van der Waals surface area contributed by atoms with Crippen LogP contribution in [0, 0.1) is 5.92 Å². The fourth-order valence-corrected chi connectivity index (χ4v) is 3.92. The number of amides is 2. The number of anilines is 2. The predicted octanol–water partition coefficient (Wildman–Crippen LogP) is 3.57. The van der Waals surface area contributed by atoms with Gasteiger partial charge in [-0.15, -0.1) is 0 Å². The van der Waals surface area contributed by atoms with Gasteiger partial charge in [0, 0.05) is 24.3 Å². The molecule has 5 heteroatoms. The lowest BCUT2D eigenvalue weighted by Crippen LogP contribution is -2.28. The highest BCUT2D eigenvalue weighted by atomic mass is 16.5. The van der Waals surface area contributed by atoms with Crippen molar-refractivity contribution >= 4 is 23.2 Å². The molecule has 2 aromatic rings. The minimum absolute atomic E-state index is 0.0201. The molecule has 0 aromatic heterocycles. The summed E-state index contributed by atoms with van der Waals surface area (Å²) in [5, 5.41) is 2.99. The van der Waals surface area contributed by atoms with Crippen LogP contribution in [0.25, 0.3) is 0 Å². The number of hydrogen-bond acceptors (Lipinski definition) is 3. The Balaban J connectivity index is 1.41. The zero-order chi connectivity index (χ0) is 18.8. The summed E-state index contributed by atoms with van der Waals surface area (Å²) in [5.74, 6) is 0.333. The van der Waals surface area contributed by atoms with Crippen LogP contribution in [0.5, 0.6) is 5.75 Å². The predicted molar refractivity (Wildman–Crippen MR) is 105 cm³/mol. The number of carbonyl (C=O) groups excluding carboxylic acids is 2. The third-order valence-corrected chi connectivity index (χ3v) is 5.32. The smallest absolute Gasteiger partial charge is 0.229 e. The first kappa shape index (κ1) is 17.6. The van der Waals surface area contributed by atoms with Gasteiger partial charge in [-0.25, -0.2) is 0 Å². The van der Waals surface area contributed by atoms with Crippen LogP contribution in [0.15, 0.2) is 42.5 Å². The van der Waals surface area contributed by atoms with Crippen LogP contribution in [-0.2, 0) is 22.4 Å². The average Bonchev–Trinajstić information content (AvgIpc) is 3.29. The second-order valence-electron chi connectivity index (χ2n) is 7.16. The van der Waals surface area contributed by atoms with E-state index in [1.54, 1.807) is 4.90 Å². The maximum Gasteiger partial charge on any atom is 0.229 e. The van der Waals surface area contributed by atoms with Crippen LogP contribution in [0.3, 0.4) is 0 Å². The van der Waals surface area contributed by atoms with Crippen LogP contribution in [0.4, 0.5) is 11.4 Å². The molecule has 2 amide bonds. The van der Waals surface area contributed by atoms with Gasteiger partial charge in [-0.1, -0.05) is 6.07 Å². The summed E-state index contributed by atoms with van der Waals surface area (Å²) in [4.78, 5) is 26.8. The molecule has 1 aliphatic heterocycles. The van der Waals surface area contributed by atoms with Crippen molar-refractivity contribution in [3.05, 3.63) is 53.6 Å². The Morgan fingerprint density at radius 3 is 2.70 bits per heavy atom. The highest BCUT2D eigenvalue weighted by molar-refractivity contribution is 6.03. The number of nitrogens with zero attached hydrogens (tertiary/aromatic N) is 1. The van der Waals surface area contributed by atoms with Gasteiger partial charge in [0.25, 0.3) is 0 Å². The molecule has 4 rings (SSSR count). The summed E-state index contributed by atoms with van der Waals surface area (Å²) in [7, 11) is 0. The van der Waals surface area contributed by atoms with Gasteiger partial charge in [0.1, 0.15) is 5.75 Å². The molecule has 1 fully saturated rings. The average molecular weight is 364 g/mol. The van der Waals surface area contributed by atoms with E-state index < -0.39 is 0 Å². The second-order valence-corrected chi connectivity index (χ2v) is 7.16. The molecule has 1 N–H and O–H groups in total. The Kier molecular flexibility index (Phi) is 4.84. The van der Waals surface area contributed by atoms with E-state index in [9.17, 15) is 9.59 Å². The Morgan fingerprint density at radius 2 is 1.93 bits per heavy atom. The van der Waals surface area contributed by atoms with Crippen LogP contribution >= 0.6 is 0 Å².